The number of halogens is 1. The fourth-order valence-corrected chi connectivity index (χ4v) is 6.12. The molecule has 0 spiro atoms. The summed E-state index contributed by atoms with van der Waals surface area (Å²) in [6, 6.07) is 10.4. The highest BCUT2D eigenvalue weighted by atomic mass is 35.5. The predicted molar refractivity (Wildman–Crippen MR) is 181 cm³/mol. The lowest BCUT2D eigenvalue weighted by Gasteiger charge is -2.44. The highest BCUT2D eigenvalue weighted by Gasteiger charge is 2.34. The number of hydrogen-bond donors (Lipinski definition) is 1. The van der Waals surface area contributed by atoms with Gasteiger partial charge in [-0.3, -0.25) is 14.6 Å². The number of aryl methyl sites for hydroxylation is 1. The second-order valence-corrected chi connectivity index (χ2v) is 11.8. The molecular formula is C34H40ClN7O3. The SMILES string of the molecule is C.C=CC(=O)N1C[C@H](C)N(c2nc(=O)n(-c3c(C)ccnc3C(C)C)c3nc(-c4ccccc4C(=O)NC)c(Cl)cc23)C[C@H]1C. The number of aromatic nitrogens is 4. The van der Waals surface area contributed by atoms with Gasteiger partial charge in [0.15, 0.2) is 5.65 Å². The van der Waals surface area contributed by atoms with Gasteiger partial charge in [0.2, 0.25) is 5.91 Å². The third-order valence-electron chi connectivity index (χ3n) is 8.10. The number of fused-ring (bicyclic) bond motifs is 1. The van der Waals surface area contributed by atoms with E-state index in [2.05, 4.69) is 21.9 Å². The first-order chi connectivity index (χ1) is 21.0. The number of nitrogens with zero attached hydrogens (tertiary/aromatic N) is 6. The lowest BCUT2D eigenvalue weighted by Crippen LogP contribution is -2.58. The Balaban J connectivity index is 0.00000461. The maximum absolute atomic E-state index is 14.2. The van der Waals surface area contributed by atoms with Crippen molar-refractivity contribution in [2.45, 2.75) is 60.0 Å². The molecule has 0 radical (unpaired) electrons. The second kappa shape index (κ2) is 13.2. The van der Waals surface area contributed by atoms with Gasteiger partial charge in [0.05, 0.1) is 27.5 Å². The standard InChI is InChI=1S/C33H36ClN7O3.CH4/c1-8-26(42)39-16-21(6)40(17-20(39)5)30-24-15-25(34)28(22-11-9-10-12-23(22)32(43)35-7)37-31(24)41(33(44)38-30)29-19(4)13-14-36-27(29)18(2)3;/h8-15,18,20-21H,1,16-17H2,2-7H3,(H,35,43);1H4/t20-,21+;/m1./s1. The van der Waals surface area contributed by atoms with E-state index in [4.69, 9.17) is 16.6 Å². The largest absolute Gasteiger partial charge is 0.355 e. The Kier molecular flexibility index (Phi) is 9.77. The van der Waals surface area contributed by atoms with E-state index < -0.39 is 5.69 Å². The van der Waals surface area contributed by atoms with E-state index in [9.17, 15) is 14.4 Å². The summed E-state index contributed by atoms with van der Waals surface area (Å²) < 4.78 is 1.50. The van der Waals surface area contributed by atoms with Gasteiger partial charge in [-0.15, -0.1) is 0 Å². The zero-order valence-electron chi connectivity index (χ0n) is 25.8. The minimum Gasteiger partial charge on any atom is -0.355 e. The minimum atomic E-state index is -0.518. The molecular weight excluding hydrogens is 590 g/mol. The highest BCUT2D eigenvalue weighted by molar-refractivity contribution is 6.34. The summed E-state index contributed by atoms with van der Waals surface area (Å²) >= 11 is 6.96. The fraction of sp³-hybridized carbons (Fsp3) is 0.353. The Bertz CT molecular complexity index is 1850. The number of pyridine rings is 2. The van der Waals surface area contributed by atoms with Crippen molar-refractivity contribution in [2.24, 2.45) is 0 Å². The van der Waals surface area contributed by atoms with Gasteiger partial charge in [0.25, 0.3) is 5.91 Å². The van der Waals surface area contributed by atoms with Gasteiger partial charge in [0, 0.05) is 49.5 Å². The average molecular weight is 630 g/mol. The first kappa shape index (κ1) is 33.3. The van der Waals surface area contributed by atoms with E-state index >= 15 is 0 Å². The third kappa shape index (κ3) is 5.94. The molecule has 1 fully saturated rings. The first-order valence-corrected chi connectivity index (χ1v) is 15.0. The van der Waals surface area contributed by atoms with Crippen LogP contribution < -0.4 is 15.9 Å². The minimum absolute atomic E-state index is 0. The van der Waals surface area contributed by atoms with Crippen LogP contribution in [0, 0.1) is 6.92 Å². The molecule has 4 heterocycles. The van der Waals surface area contributed by atoms with Crippen molar-refractivity contribution >= 4 is 40.3 Å². The third-order valence-corrected chi connectivity index (χ3v) is 8.38. The van der Waals surface area contributed by atoms with E-state index in [0.29, 0.717) is 57.5 Å². The Hall–Kier alpha value is -4.57. The van der Waals surface area contributed by atoms with E-state index in [0.717, 1.165) is 11.3 Å². The summed E-state index contributed by atoms with van der Waals surface area (Å²) in [5.74, 6) is 0.00376. The molecule has 0 unspecified atom stereocenters. The molecule has 236 valence electrons. The Labute approximate surface area is 268 Å². The van der Waals surface area contributed by atoms with Crippen molar-refractivity contribution in [3.05, 3.63) is 87.6 Å². The number of rotatable bonds is 6. The van der Waals surface area contributed by atoms with Gasteiger partial charge < -0.3 is 15.1 Å². The van der Waals surface area contributed by atoms with Crippen LogP contribution in [-0.4, -0.2) is 68.5 Å². The Morgan fingerprint density at radius 1 is 1.11 bits per heavy atom. The lowest BCUT2D eigenvalue weighted by molar-refractivity contribution is -0.128. The van der Waals surface area contributed by atoms with Gasteiger partial charge in [-0.1, -0.05) is 57.7 Å². The summed E-state index contributed by atoms with van der Waals surface area (Å²) in [5.41, 5.74) is 3.29. The molecule has 0 aliphatic carbocycles. The number of amides is 2. The van der Waals surface area contributed by atoms with Gasteiger partial charge in [-0.25, -0.2) is 14.3 Å². The van der Waals surface area contributed by atoms with Gasteiger partial charge in [0.1, 0.15) is 5.82 Å². The molecule has 0 bridgehead atoms. The van der Waals surface area contributed by atoms with Crippen molar-refractivity contribution in [3.8, 4) is 16.9 Å². The molecule has 1 saturated heterocycles. The van der Waals surface area contributed by atoms with Crippen LogP contribution in [0.5, 0.6) is 0 Å². The number of hydrogen-bond acceptors (Lipinski definition) is 7. The van der Waals surface area contributed by atoms with Crippen LogP contribution in [0.3, 0.4) is 0 Å². The van der Waals surface area contributed by atoms with Gasteiger partial charge >= 0.3 is 5.69 Å². The fourth-order valence-electron chi connectivity index (χ4n) is 5.87. The number of piperazine rings is 1. The Morgan fingerprint density at radius 2 is 1.82 bits per heavy atom. The van der Waals surface area contributed by atoms with E-state index in [1.807, 2.05) is 51.7 Å². The van der Waals surface area contributed by atoms with Crippen LogP contribution in [0.15, 0.2) is 60.0 Å². The summed E-state index contributed by atoms with van der Waals surface area (Å²) in [7, 11) is 1.56. The smallest absolute Gasteiger partial charge is 0.355 e. The summed E-state index contributed by atoms with van der Waals surface area (Å²) in [6.07, 6.45) is 3.05. The zero-order chi connectivity index (χ0) is 31.9. The normalized spacial score (nSPS) is 16.4. The second-order valence-electron chi connectivity index (χ2n) is 11.4. The monoisotopic (exact) mass is 629 g/mol. The van der Waals surface area contributed by atoms with E-state index in [1.165, 1.54) is 10.6 Å². The molecule has 1 aliphatic heterocycles. The molecule has 3 aromatic heterocycles. The maximum Gasteiger partial charge on any atom is 0.355 e. The molecule has 2 amide bonds. The topological polar surface area (TPSA) is 113 Å². The van der Waals surface area contributed by atoms with Crippen molar-refractivity contribution in [1.29, 1.82) is 0 Å². The van der Waals surface area contributed by atoms with Crippen LogP contribution in [0.1, 0.15) is 62.7 Å². The number of carbonyl (C=O) groups excluding carboxylic acids is 2. The van der Waals surface area contributed by atoms with Crippen LogP contribution in [0.2, 0.25) is 5.02 Å². The Morgan fingerprint density at radius 3 is 2.49 bits per heavy atom. The van der Waals surface area contributed by atoms with Gasteiger partial charge in [-0.05, 0) is 56.5 Å². The quantitative estimate of drug-likeness (QED) is 0.279. The highest BCUT2D eigenvalue weighted by Crippen LogP contribution is 2.37. The molecule has 2 atom stereocenters. The number of carbonyl (C=O) groups is 2. The van der Waals surface area contributed by atoms with E-state index in [-0.39, 0.29) is 37.2 Å². The van der Waals surface area contributed by atoms with Crippen LogP contribution in [0.4, 0.5) is 5.82 Å². The molecule has 1 aromatic carbocycles. The summed E-state index contributed by atoms with van der Waals surface area (Å²) in [5, 5.41) is 3.54. The van der Waals surface area contributed by atoms with Crippen molar-refractivity contribution < 1.29 is 9.59 Å². The molecule has 45 heavy (non-hydrogen) atoms. The first-order valence-electron chi connectivity index (χ1n) is 14.6. The molecule has 5 rings (SSSR count). The summed E-state index contributed by atoms with van der Waals surface area (Å²) in [6.45, 7) is 14.4. The molecule has 10 nitrogen and oxygen atoms in total. The number of benzene rings is 1. The van der Waals surface area contributed by atoms with Crippen molar-refractivity contribution in [1.82, 2.24) is 29.7 Å². The molecule has 1 N–H and O–H groups in total. The van der Waals surface area contributed by atoms with Crippen LogP contribution in [-0.2, 0) is 4.79 Å². The van der Waals surface area contributed by atoms with E-state index in [1.54, 1.807) is 42.4 Å². The molecule has 1 aliphatic rings. The van der Waals surface area contributed by atoms with Crippen molar-refractivity contribution in [3.63, 3.8) is 0 Å². The average Bonchev–Trinajstić information content (AvgIpc) is 3.01. The predicted octanol–water partition coefficient (Wildman–Crippen LogP) is 5.54. The molecule has 0 saturated carbocycles. The van der Waals surface area contributed by atoms with Crippen LogP contribution in [0.25, 0.3) is 28.0 Å². The zero-order valence-corrected chi connectivity index (χ0v) is 26.5. The summed E-state index contributed by atoms with van der Waals surface area (Å²) in [4.78, 5) is 57.6. The maximum atomic E-state index is 14.2. The van der Waals surface area contributed by atoms with Gasteiger partial charge in [-0.2, -0.15) is 4.98 Å². The number of nitrogens with one attached hydrogen (secondary N) is 1. The number of anilines is 1. The van der Waals surface area contributed by atoms with Crippen molar-refractivity contribution in [2.75, 3.05) is 25.0 Å². The molecule has 4 aromatic rings. The van der Waals surface area contributed by atoms with Crippen LogP contribution >= 0.6 is 11.6 Å². The molecule has 11 heteroatoms. The lowest BCUT2D eigenvalue weighted by atomic mass is 10.0.